The SMILES string of the molecule is C=C(C)C(=O)O.[PoH2]. The van der Waals surface area contributed by atoms with E-state index in [9.17, 15) is 4.79 Å². The predicted octanol–water partition coefficient (Wildman–Crippen LogP) is -0.269. The summed E-state index contributed by atoms with van der Waals surface area (Å²) in [7, 11) is 0. The van der Waals surface area contributed by atoms with E-state index in [-0.39, 0.29) is 32.1 Å². The zero-order chi connectivity index (χ0) is 5.15. The summed E-state index contributed by atoms with van der Waals surface area (Å²) in [6.07, 6.45) is 0. The third kappa shape index (κ3) is 6.11. The Morgan fingerprint density at radius 2 is 1.86 bits per heavy atom. The van der Waals surface area contributed by atoms with Crippen LogP contribution < -0.4 is 0 Å². The van der Waals surface area contributed by atoms with Crippen molar-refractivity contribution < 1.29 is 9.90 Å². The van der Waals surface area contributed by atoms with Crippen LogP contribution in [0.25, 0.3) is 0 Å². The fourth-order valence-electron chi connectivity index (χ4n) is 0. The molecule has 42 valence electrons. The van der Waals surface area contributed by atoms with Crippen LogP contribution in [-0.2, 0) is 4.79 Å². The topological polar surface area (TPSA) is 37.3 Å². The Hall–Kier alpha value is 0.106. The fraction of sp³-hybridized carbons (Fsp3) is 0.250. The summed E-state index contributed by atoms with van der Waals surface area (Å²) in [6.45, 7) is 4.60. The van der Waals surface area contributed by atoms with Gasteiger partial charge in [-0.1, -0.05) is 6.58 Å². The normalized spacial score (nSPS) is 6.43. The van der Waals surface area contributed by atoms with E-state index in [1.54, 1.807) is 0 Å². The molecule has 0 saturated carbocycles. The molecule has 3 heteroatoms. The molecule has 0 aliphatic rings. The molecular weight excluding hydrogens is 289 g/mol. The summed E-state index contributed by atoms with van der Waals surface area (Å²) < 4.78 is 0. The molecular formula is C4H8O2Po. The van der Waals surface area contributed by atoms with Crippen LogP contribution in [0, 0.1) is 0 Å². The van der Waals surface area contributed by atoms with Gasteiger partial charge in [0.1, 0.15) is 0 Å². The van der Waals surface area contributed by atoms with Crippen molar-refractivity contribution >= 4 is 32.5 Å². The van der Waals surface area contributed by atoms with Gasteiger partial charge >= 0.3 is 32.5 Å². The molecule has 0 saturated heterocycles. The van der Waals surface area contributed by atoms with E-state index in [4.69, 9.17) is 5.11 Å². The van der Waals surface area contributed by atoms with Gasteiger partial charge in [0, 0.05) is 5.57 Å². The molecule has 0 spiro atoms. The van der Waals surface area contributed by atoms with Crippen LogP contribution in [-0.4, -0.2) is 37.6 Å². The Labute approximate surface area is 61.7 Å². The number of rotatable bonds is 1. The zero-order valence-electron chi connectivity index (χ0n) is 4.06. The number of carboxylic acids is 1. The molecule has 0 bridgehead atoms. The van der Waals surface area contributed by atoms with Crippen LogP contribution in [0.5, 0.6) is 0 Å². The Kier molecular flexibility index (Phi) is 6.20. The van der Waals surface area contributed by atoms with E-state index in [1.165, 1.54) is 6.92 Å². The summed E-state index contributed by atoms with van der Waals surface area (Å²) in [4.78, 5) is 9.60. The van der Waals surface area contributed by atoms with Crippen LogP contribution in [0.4, 0.5) is 0 Å². The first-order chi connectivity index (χ1) is 2.64. The van der Waals surface area contributed by atoms with Crippen molar-refractivity contribution in [2.45, 2.75) is 6.92 Å². The molecule has 0 aromatic rings. The molecule has 0 radical (unpaired) electrons. The Balaban J connectivity index is 0. The standard InChI is InChI=1S/C4H6O2.Po.2H/c1-3(2)4(5)6;;;/h1H2,2H3,(H,5,6);;;. The minimum atomic E-state index is -0.935. The Bertz CT molecular complexity index is 75.7. The van der Waals surface area contributed by atoms with Crippen LogP contribution in [0.3, 0.4) is 0 Å². The van der Waals surface area contributed by atoms with Crippen molar-refractivity contribution in [1.82, 2.24) is 0 Å². The van der Waals surface area contributed by atoms with E-state index in [1.807, 2.05) is 0 Å². The van der Waals surface area contributed by atoms with Crippen molar-refractivity contribution in [3.63, 3.8) is 0 Å². The first-order valence-electron chi connectivity index (χ1n) is 1.53. The van der Waals surface area contributed by atoms with E-state index in [0.717, 1.165) is 0 Å². The molecule has 0 amide bonds. The Morgan fingerprint density at radius 3 is 1.86 bits per heavy atom. The maximum atomic E-state index is 9.60. The van der Waals surface area contributed by atoms with Crippen molar-refractivity contribution in [3.8, 4) is 0 Å². The van der Waals surface area contributed by atoms with Gasteiger partial charge < -0.3 is 5.11 Å². The molecule has 0 fully saturated rings. The summed E-state index contributed by atoms with van der Waals surface area (Å²) >= 11 is 0. The second-order valence-electron chi connectivity index (χ2n) is 1.09. The number of hydrogen-bond acceptors (Lipinski definition) is 1. The van der Waals surface area contributed by atoms with Crippen LogP contribution in [0.1, 0.15) is 6.92 Å². The first kappa shape index (κ1) is 10.2. The van der Waals surface area contributed by atoms with E-state index in [2.05, 4.69) is 6.58 Å². The number of carboxylic acid groups (broad SMARTS) is 1. The Morgan fingerprint density at radius 1 is 1.71 bits per heavy atom. The van der Waals surface area contributed by atoms with E-state index >= 15 is 0 Å². The zero-order valence-corrected chi connectivity index (χ0v) is 7.95. The van der Waals surface area contributed by atoms with Crippen molar-refractivity contribution in [2.75, 3.05) is 0 Å². The molecule has 7 heavy (non-hydrogen) atoms. The van der Waals surface area contributed by atoms with Gasteiger partial charge in [-0.05, 0) is 6.92 Å². The average Bonchev–Trinajstić information content (AvgIpc) is 1.36. The summed E-state index contributed by atoms with van der Waals surface area (Å²) in [5.74, 6) is -0.935. The minimum absolute atomic E-state index is 0. The molecule has 1 N–H and O–H groups in total. The monoisotopic (exact) mass is 297 g/mol. The summed E-state index contributed by atoms with van der Waals surface area (Å²) in [6, 6.07) is 0. The van der Waals surface area contributed by atoms with Gasteiger partial charge in [0.2, 0.25) is 0 Å². The summed E-state index contributed by atoms with van der Waals surface area (Å²) in [5.41, 5.74) is 0.176. The number of aliphatic carboxylic acids is 1. The second-order valence-corrected chi connectivity index (χ2v) is 1.09. The van der Waals surface area contributed by atoms with Crippen molar-refractivity contribution in [3.05, 3.63) is 12.2 Å². The van der Waals surface area contributed by atoms with Gasteiger partial charge in [0.25, 0.3) is 0 Å². The van der Waals surface area contributed by atoms with Gasteiger partial charge in [-0.2, -0.15) is 0 Å². The van der Waals surface area contributed by atoms with Gasteiger partial charge in [-0.15, -0.1) is 0 Å². The van der Waals surface area contributed by atoms with Crippen LogP contribution in [0.2, 0.25) is 0 Å². The third-order valence-corrected chi connectivity index (χ3v) is 0.365. The van der Waals surface area contributed by atoms with Crippen molar-refractivity contribution in [2.24, 2.45) is 0 Å². The molecule has 0 aliphatic carbocycles. The predicted molar refractivity (Wildman–Crippen MR) is 31.0 cm³/mol. The van der Waals surface area contributed by atoms with Gasteiger partial charge in [-0.3, -0.25) is 0 Å². The van der Waals surface area contributed by atoms with Crippen molar-refractivity contribution in [1.29, 1.82) is 0 Å². The number of carbonyl (C=O) groups is 1. The summed E-state index contributed by atoms with van der Waals surface area (Å²) in [5, 5.41) is 7.89. The van der Waals surface area contributed by atoms with Gasteiger partial charge in [0.15, 0.2) is 0 Å². The second kappa shape index (κ2) is 4.27. The molecule has 0 atom stereocenters. The third-order valence-electron chi connectivity index (χ3n) is 0.365. The molecule has 2 nitrogen and oxygen atoms in total. The van der Waals surface area contributed by atoms with Gasteiger partial charge in [0.05, 0.1) is 0 Å². The van der Waals surface area contributed by atoms with Crippen LogP contribution in [0.15, 0.2) is 12.2 Å². The first-order valence-corrected chi connectivity index (χ1v) is 1.53. The molecule has 0 aromatic heterocycles. The molecule has 0 aromatic carbocycles. The molecule has 0 rings (SSSR count). The van der Waals surface area contributed by atoms with E-state index < -0.39 is 5.97 Å². The average molecular weight is 297 g/mol. The molecule has 0 heterocycles. The van der Waals surface area contributed by atoms with E-state index in [0.29, 0.717) is 0 Å². The number of hydrogen-bond donors (Lipinski definition) is 1. The fourth-order valence-corrected chi connectivity index (χ4v) is 0. The van der Waals surface area contributed by atoms with Crippen LogP contribution >= 0.6 is 0 Å². The molecule has 0 aliphatic heterocycles. The van der Waals surface area contributed by atoms with Gasteiger partial charge in [-0.25, -0.2) is 4.79 Å². The molecule has 0 unspecified atom stereocenters. The maximum absolute atomic E-state index is 9.60. The quantitative estimate of drug-likeness (QED) is 0.677.